The minimum absolute atomic E-state index is 0.131. The molecule has 0 saturated heterocycles. The molecule has 0 aromatic heterocycles. The van der Waals surface area contributed by atoms with Crippen LogP contribution in [-0.2, 0) is 27.3 Å². The maximum atomic E-state index is 14.3. The minimum Gasteiger partial charge on any atom is -0.376 e. The quantitative estimate of drug-likeness (QED) is 0.344. The first-order valence-corrected chi connectivity index (χ1v) is 12.2. The van der Waals surface area contributed by atoms with E-state index >= 15 is 0 Å². The molecule has 4 heteroatoms. The normalized spacial score (nSPS) is 22.9. The first-order chi connectivity index (χ1) is 14.8. The van der Waals surface area contributed by atoms with Crippen molar-refractivity contribution in [2.24, 2.45) is 0 Å². The van der Waals surface area contributed by atoms with E-state index in [1.165, 1.54) is 0 Å². The van der Waals surface area contributed by atoms with Crippen LogP contribution in [0.2, 0.25) is 0 Å². The van der Waals surface area contributed by atoms with E-state index in [1.54, 1.807) is 0 Å². The smallest absolute Gasteiger partial charge is 0.133 e. The van der Waals surface area contributed by atoms with E-state index < -0.39 is 7.14 Å². The molecule has 3 aromatic carbocycles. The summed E-state index contributed by atoms with van der Waals surface area (Å²) in [5.41, 5.74) is 1.98. The van der Waals surface area contributed by atoms with Gasteiger partial charge in [0.15, 0.2) is 0 Å². The van der Waals surface area contributed by atoms with E-state index in [1.807, 2.05) is 91.0 Å². The number of rotatable bonds is 9. The summed E-state index contributed by atoms with van der Waals surface area (Å²) in [6.07, 6.45) is 4.13. The molecule has 0 radical (unpaired) electrons. The molecule has 0 spiro atoms. The van der Waals surface area contributed by atoms with Crippen molar-refractivity contribution in [2.75, 3.05) is 13.2 Å². The number of hydrogen-bond donors (Lipinski definition) is 0. The van der Waals surface area contributed by atoms with Crippen LogP contribution in [-0.4, -0.2) is 24.5 Å². The molecule has 4 rings (SSSR count). The van der Waals surface area contributed by atoms with Crippen LogP contribution in [0, 0.1) is 0 Å². The minimum atomic E-state index is -2.75. The maximum Gasteiger partial charge on any atom is 0.133 e. The largest absolute Gasteiger partial charge is 0.376 e. The Morgan fingerprint density at radius 2 is 1.00 bits per heavy atom. The fourth-order valence-electron chi connectivity index (χ4n) is 3.88. The Labute approximate surface area is 178 Å². The Morgan fingerprint density at radius 1 is 0.600 bits per heavy atom. The highest BCUT2D eigenvalue weighted by molar-refractivity contribution is 7.73. The van der Waals surface area contributed by atoms with Gasteiger partial charge in [0.2, 0.25) is 0 Å². The van der Waals surface area contributed by atoms with Crippen molar-refractivity contribution in [3.8, 4) is 0 Å². The lowest BCUT2D eigenvalue weighted by atomic mass is 10.2. The SMILES string of the molecule is O=P1(c2ccccc2)[C@@H](COCc2ccccc2)C=C[C@H]1COCc1ccccc1. The molecule has 3 aromatic rings. The molecule has 1 aliphatic heterocycles. The van der Waals surface area contributed by atoms with Gasteiger partial charge in [0.05, 0.1) is 37.7 Å². The van der Waals surface area contributed by atoms with Crippen LogP contribution in [0.4, 0.5) is 0 Å². The van der Waals surface area contributed by atoms with E-state index in [9.17, 15) is 4.57 Å². The molecule has 30 heavy (non-hydrogen) atoms. The average molecular weight is 418 g/mol. The third-order valence-electron chi connectivity index (χ3n) is 5.50. The molecule has 0 aliphatic carbocycles. The molecule has 1 heterocycles. The summed E-state index contributed by atoms with van der Waals surface area (Å²) in [4.78, 5) is 0. The van der Waals surface area contributed by atoms with Gasteiger partial charge in [0.25, 0.3) is 0 Å². The zero-order valence-corrected chi connectivity index (χ0v) is 17.9. The Hall–Kier alpha value is -2.45. The van der Waals surface area contributed by atoms with E-state index in [4.69, 9.17) is 9.47 Å². The average Bonchev–Trinajstić information content (AvgIpc) is 3.12. The van der Waals surface area contributed by atoms with Gasteiger partial charge in [0, 0.05) is 5.30 Å². The maximum absolute atomic E-state index is 14.3. The van der Waals surface area contributed by atoms with Gasteiger partial charge in [-0.2, -0.15) is 0 Å². The standard InChI is InChI=1S/C26H27O3P/c27-30(24-14-8-3-9-15-24)25(20-28-18-22-10-4-1-5-11-22)16-17-26(30)21-29-19-23-12-6-2-7-13-23/h1-17,25-26H,18-21H2/t25-,26+,30?. The van der Waals surface area contributed by atoms with Crippen molar-refractivity contribution in [1.82, 2.24) is 0 Å². The van der Waals surface area contributed by atoms with Gasteiger partial charge in [-0.15, -0.1) is 0 Å². The van der Waals surface area contributed by atoms with Crippen LogP contribution in [0.1, 0.15) is 11.1 Å². The second kappa shape index (κ2) is 10.0. The lowest BCUT2D eigenvalue weighted by molar-refractivity contribution is 0.123. The second-order valence-electron chi connectivity index (χ2n) is 7.57. The van der Waals surface area contributed by atoms with Gasteiger partial charge in [-0.25, -0.2) is 0 Å². The zero-order valence-electron chi connectivity index (χ0n) is 17.0. The lowest BCUT2D eigenvalue weighted by Crippen LogP contribution is -2.26. The van der Waals surface area contributed by atoms with E-state index in [0.717, 1.165) is 16.4 Å². The molecule has 3 atom stereocenters. The van der Waals surface area contributed by atoms with Crippen molar-refractivity contribution in [2.45, 2.75) is 24.5 Å². The Kier molecular flexibility index (Phi) is 6.96. The highest BCUT2D eigenvalue weighted by atomic mass is 31.2. The van der Waals surface area contributed by atoms with Crippen LogP contribution in [0.5, 0.6) is 0 Å². The summed E-state index contributed by atoms with van der Waals surface area (Å²) in [6, 6.07) is 30.0. The molecule has 0 fully saturated rings. The van der Waals surface area contributed by atoms with E-state index in [-0.39, 0.29) is 11.3 Å². The Balaban J connectivity index is 1.44. The van der Waals surface area contributed by atoms with E-state index in [0.29, 0.717) is 26.4 Å². The van der Waals surface area contributed by atoms with Crippen LogP contribution in [0.3, 0.4) is 0 Å². The van der Waals surface area contributed by atoms with Gasteiger partial charge in [-0.05, 0) is 11.1 Å². The first-order valence-electron chi connectivity index (χ1n) is 10.3. The topological polar surface area (TPSA) is 35.5 Å². The predicted molar refractivity (Wildman–Crippen MR) is 123 cm³/mol. The van der Waals surface area contributed by atoms with Crippen LogP contribution >= 0.6 is 7.14 Å². The van der Waals surface area contributed by atoms with Crippen LogP contribution in [0.25, 0.3) is 0 Å². The molecule has 3 nitrogen and oxygen atoms in total. The van der Waals surface area contributed by atoms with Gasteiger partial charge < -0.3 is 14.0 Å². The van der Waals surface area contributed by atoms with Crippen molar-refractivity contribution in [3.05, 3.63) is 114 Å². The summed E-state index contributed by atoms with van der Waals surface area (Å²) < 4.78 is 26.3. The van der Waals surface area contributed by atoms with Crippen LogP contribution < -0.4 is 5.30 Å². The zero-order chi connectivity index (χ0) is 20.7. The predicted octanol–water partition coefficient (Wildman–Crippen LogP) is 5.42. The summed E-state index contributed by atoms with van der Waals surface area (Å²) in [5, 5.41) is 0.900. The summed E-state index contributed by atoms with van der Waals surface area (Å²) in [7, 11) is -2.75. The van der Waals surface area contributed by atoms with Crippen molar-refractivity contribution in [1.29, 1.82) is 0 Å². The molecular formula is C26H27O3P. The van der Waals surface area contributed by atoms with Gasteiger partial charge in [-0.3, -0.25) is 0 Å². The fraction of sp³-hybridized carbons (Fsp3) is 0.231. The van der Waals surface area contributed by atoms with Crippen molar-refractivity contribution < 1.29 is 14.0 Å². The van der Waals surface area contributed by atoms with Gasteiger partial charge >= 0.3 is 0 Å². The summed E-state index contributed by atoms with van der Waals surface area (Å²) in [5.74, 6) is 0. The Bertz CT molecular complexity index is 927. The Morgan fingerprint density at radius 3 is 1.43 bits per heavy atom. The highest BCUT2D eigenvalue weighted by Gasteiger charge is 2.43. The molecule has 0 amide bonds. The van der Waals surface area contributed by atoms with Gasteiger partial charge in [-0.1, -0.05) is 103 Å². The lowest BCUT2D eigenvalue weighted by Gasteiger charge is -2.27. The molecule has 154 valence electrons. The first kappa shape index (κ1) is 20.8. The molecule has 1 aliphatic rings. The molecule has 0 N–H and O–H groups in total. The van der Waals surface area contributed by atoms with Crippen molar-refractivity contribution in [3.63, 3.8) is 0 Å². The van der Waals surface area contributed by atoms with Gasteiger partial charge in [0.1, 0.15) is 7.14 Å². The summed E-state index contributed by atoms with van der Waals surface area (Å²) >= 11 is 0. The third kappa shape index (κ3) is 4.82. The molecule has 0 saturated carbocycles. The summed E-state index contributed by atoms with van der Waals surface area (Å²) in [6.45, 7) is 1.92. The fourth-order valence-corrected chi connectivity index (χ4v) is 7.14. The third-order valence-corrected chi connectivity index (χ3v) is 9.22. The monoisotopic (exact) mass is 418 g/mol. The number of hydrogen-bond acceptors (Lipinski definition) is 3. The molecular weight excluding hydrogens is 391 g/mol. The molecule has 0 bridgehead atoms. The van der Waals surface area contributed by atoms with Crippen molar-refractivity contribution >= 4 is 12.4 Å². The number of benzene rings is 3. The molecule has 1 unspecified atom stereocenters. The van der Waals surface area contributed by atoms with E-state index in [2.05, 4.69) is 12.2 Å². The van der Waals surface area contributed by atoms with Crippen LogP contribution in [0.15, 0.2) is 103 Å². The second-order valence-corrected chi connectivity index (χ2v) is 10.8. The number of ether oxygens (including phenoxy) is 2. The highest BCUT2D eigenvalue weighted by Crippen LogP contribution is 2.59.